The first-order valence-corrected chi connectivity index (χ1v) is 24.3. The van der Waals surface area contributed by atoms with Crippen LogP contribution in [0.3, 0.4) is 0 Å². The molecule has 1 nitrogen and oxygen atoms in total. The lowest BCUT2D eigenvalue weighted by molar-refractivity contribution is 0.368. The van der Waals surface area contributed by atoms with Crippen LogP contribution in [0.5, 0.6) is 0 Å². The lowest BCUT2D eigenvalue weighted by Gasteiger charge is -2.47. The monoisotopic (exact) mass is 761 g/mol. The van der Waals surface area contributed by atoms with Crippen LogP contribution in [-0.2, 0) is 5.41 Å². The molecular formula is C55H59NSi. The van der Waals surface area contributed by atoms with Crippen molar-refractivity contribution in [3.8, 4) is 0 Å². The summed E-state index contributed by atoms with van der Waals surface area (Å²) in [5.74, 6) is 1.75. The van der Waals surface area contributed by atoms with Crippen LogP contribution in [-0.4, -0.2) is 21.6 Å². The molecule has 7 unspecified atom stereocenters. The molecule has 0 fully saturated rings. The predicted octanol–water partition coefficient (Wildman–Crippen LogP) is 13.1. The average molecular weight is 762 g/mol. The standard InChI is InChI=1S/C55H59NSi/c1-3-14-38(15-4-1)39-26-28-40(29-27-39)41-16-13-19-45(36-41)56(46-34-35-54-50(37-46)49-22-9-12-25-53(49)57-54)44-32-30-43(31-33-44)55(42-17-5-2-6-18-42)51-23-10-7-20-47(51)48-21-8-11-24-52(48)55/h3,5,7,9-14,16-20,22-26,28,30,32,36,38,43-44,46,49,53H,1-2,4,6,8,15,21,27,29,31,33-35,37,57H2. The van der Waals surface area contributed by atoms with E-state index in [0.717, 1.165) is 37.6 Å². The maximum absolute atomic E-state index is 2.94. The summed E-state index contributed by atoms with van der Waals surface area (Å²) >= 11 is 0. The fraction of sp³-hybridized carbons (Fsp3) is 0.382. The first kappa shape index (κ1) is 35.7. The van der Waals surface area contributed by atoms with Crippen molar-refractivity contribution in [1.82, 2.24) is 0 Å². The number of rotatable bonds is 7. The highest BCUT2D eigenvalue weighted by Gasteiger charge is 2.51. The van der Waals surface area contributed by atoms with Gasteiger partial charge in [-0.2, -0.15) is 0 Å². The number of fused-ring (bicyclic) bond motifs is 4. The van der Waals surface area contributed by atoms with Gasteiger partial charge in [-0.3, -0.25) is 0 Å². The molecule has 1 heterocycles. The van der Waals surface area contributed by atoms with Crippen molar-refractivity contribution < 1.29 is 0 Å². The summed E-state index contributed by atoms with van der Waals surface area (Å²) in [5, 5.41) is 1.91. The second-order valence-corrected chi connectivity index (χ2v) is 20.7. The van der Waals surface area contributed by atoms with Gasteiger partial charge in [0.05, 0.1) is 14.9 Å². The Balaban J connectivity index is 0.960. The Kier molecular flexibility index (Phi) is 9.45. The normalized spacial score (nSPS) is 32.8. The van der Waals surface area contributed by atoms with Crippen LogP contribution in [0.25, 0.3) is 11.1 Å². The van der Waals surface area contributed by atoms with E-state index in [9.17, 15) is 0 Å². The van der Waals surface area contributed by atoms with Crippen LogP contribution in [0.4, 0.5) is 5.69 Å². The lowest BCUT2D eigenvalue weighted by atomic mass is 9.59. The highest BCUT2D eigenvalue weighted by Crippen LogP contribution is 2.60. The maximum Gasteiger partial charge on any atom is 0.0577 e. The van der Waals surface area contributed by atoms with Gasteiger partial charge in [-0.15, -0.1) is 0 Å². The minimum atomic E-state index is -0.203. The van der Waals surface area contributed by atoms with E-state index in [4.69, 9.17) is 0 Å². The second-order valence-electron chi connectivity index (χ2n) is 18.5. The van der Waals surface area contributed by atoms with E-state index in [1.807, 2.05) is 10.8 Å². The summed E-state index contributed by atoms with van der Waals surface area (Å²) in [6.45, 7) is 0. The number of hydrogen-bond donors (Lipinski definition) is 0. The Morgan fingerprint density at radius 2 is 1.67 bits per heavy atom. The summed E-state index contributed by atoms with van der Waals surface area (Å²) in [6, 6.07) is 20.2. The van der Waals surface area contributed by atoms with E-state index in [2.05, 4.69) is 145 Å². The number of nitrogens with zero attached hydrogens (tertiary/aromatic N) is 1. The molecule has 1 aliphatic heterocycles. The second kappa shape index (κ2) is 15.1. The van der Waals surface area contributed by atoms with Crippen molar-refractivity contribution in [3.05, 3.63) is 184 Å². The summed E-state index contributed by atoms with van der Waals surface area (Å²) in [6.07, 6.45) is 54.6. The van der Waals surface area contributed by atoms with Crippen molar-refractivity contribution in [1.29, 1.82) is 0 Å². The Morgan fingerprint density at radius 3 is 2.53 bits per heavy atom. The molecule has 0 radical (unpaired) electrons. The highest BCUT2D eigenvalue weighted by atomic mass is 28.2. The molecule has 2 aromatic rings. The van der Waals surface area contributed by atoms with Gasteiger partial charge in [0.25, 0.3) is 0 Å². The molecule has 0 N–H and O–H groups in total. The van der Waals surface area contributed by atoms with Gasteiger partial charge in [-0.25, -0.2) is 0 Å². The van der Waals surface area contributed by atoms with Crippen LogP contribution >= 0.6 is 0 Å². The third-order valence-corrected chi connectivity index (χ3v) is 18.2. The lowest BCUT2D eigenvalue weighted by Crippen LogP contribution is -2.47. The molecule has 288 valence electrons. The fourth-order valence-corrected chi connectivity index (χ4v) is 15.6. The van der Waals surface area contributed by atoms with Crippen LogP contribution in [0.15, 0.2) is 167 Å². The molecule has 0 spiro atoms. The van der Waals surface area contributed by atoms with Gasteiger partial charge < -0.3 is 4.90 Å². The largest absolute Gasteiger partial charge is 0.362 e. The minimum Gasteiger partial charge on any atom is -0.362 e. The predicted molar refractivity (Wildman–Crippen MR) is 245 cm³/mol. The van der Waals surface area contributed by atoms with E-state index >= 15 is 0 Å². The van der Waals surface area contributed by atoms with E-state index in [1.165, 1.54) is 85.7 Å². The third kappa shape index (κ3) is 6.16. The molecular weight excluding hydrogens is 703 g/mol. The number of anilines is 1. The number of hydrogen-bond acceptors (Lipinski definition) is 1. The molecule has 9 aliphatic rings. The van der Waals surface area contributed by atoms with Crippen LogP contribution in [0.1, 0.15) is 107 Å². The SMILES string of the molecule is C1=CC2[SiH2]C3=C(CC(N(c4cccc(C5=CC=C(C6C=CCCC6)CC5)c4)C4C=CC(C5(C6=CCCC=C6)C6=C(CCC=C6)c6ccccc65)CC4)CC3)C2C=C1. The van der Waals surface area contributed by atoms with Gasteiger partial charge in [0.2, 0.25) is 0 Å². The summed E-state index contributed by atoms with van der Waals surface area (Å²) in [7, 11) is -0.203. The molecule has 11 rings (SSSR count). The van der Waals surface area contributed by atoms with Gasteiger partial charge in [0.1, 0.15) is 0 Å². The molecule has 7 atom stereocenters. The molecule has 0 bridgehead atoms. The van der Waals surface area contributed by atoms with Gasteiger partial charge >= 0.3 is 0 Å². The van der Waals surface area contributed by atoms with Crippen molar-refractivity contribution in [2.75, 3.05) is 4.90 Å². The van der Waals surface area contributed by atoms with Crippen LogP contribution in [0.2, 0.25) is 5.54 Å². The molecule has 0 amide bonds. The molecule has 0 saturated heterocycles. The third-order valence-electron chi connectivity index (χ3n) is 15.6. The van der Waals surface area contributed by atoms with Crippen molar-refractivity contribution in [2.24, 2.45) is 17.8 Å². The zero-order valence-corrected chi connectivity index (χ0v) is 35.2. The van der Waals surface area contributed by atoms with E-state index in [1.54, 1.807) is 22.3 Å². The quantitative estimate of drug-likeness (QED) is 0.201. The maximum atomic E-state index is 2.94. The number of allylic oxidation sites excluding steroid dienone is 20. The van der Waals surface area contributed by atoms with E-state index in [0.29, 0.717) is 29.8 Å². The first-order valence-electron chi connectivity index (χ1n) is 22.8. The van der Waals surface area contributed by atoms with Crippen molar-refractivity contribution in [3.63, 3.8) is 0 Å². The molecule has 2 heteroatoms. The molecule has 57 heavy (non-hydrogen) atoms. The molecule has 0 aromatic heterocycles. The Labute approximate surface area is 344 Å². The summed E-state index contributed by atoms with van der Waals surface area (Å²) < 4.78 is 0. The highest BCUT2D eigenvalue weighted by molar-refractivity contribution is 6.50. The smallest absolute Gasteiger partial charge is 0.0577 e. The minimum absolute atomic E-state index is 0.103. The zero-order chi connectivity index (χ0) is 37.8. The Morgan fingerprint density at radius 1 is 0.719 bits per heavy atom. The fourth-order valence-electron chi connectivity index (χ4n) is 13.0. The molecule has 2 aromatic carbocycles. The Bertz CT molecular complexity index is 2290. The zero-order valence-electron chi connectivity index (χ0n) is 33.8. The average Bonchev–Trinajstić information content (AvgIpc) is 3.81. The van der Waals surface area contributed by atoms with Gasteiger partial charge in [0.15, 0.2) is 0 Å². The van der Waals surface area contributed by atoms with Crippen molar-refractivity contribution >= 4 is 26.4 Å². The molecule has 8 aliphatic carbocycles. The van der Waals surface area contributed by atoms with Crippen LogP contribution in [0, 0.1) is 17.8 Å². The summed E-state index contributed by atoms with van der Waals surface area (Å²) in [5.41, 5.74) is 16.3. The van der Waals surface area contributed by atoms with Gasteiger partial charge in [0, 0.05) is 23.7 Å². The summed E-state index contributed by atoms with van der Waals surface area (Å²) in [4.78, 5) is 2.94. The van der Waals surface area contributed by atoms with E-state index in [-0.39, 0.29) is 14.9 Å². The van der Waals surface area contributed by atoms with Gasteiger partial charge in [-0.05, 0) is 158 Å². The van der Waals surface area contributed by atoms with Gasteiger partial charge in [-0.1, -0.05) is 144 Å². The van der Waals surface area contributed by atoms with E-state index < -0.39 is 0 Å². The topological polar surface area (TPSA) is 3.24 Å². The first-order chi connectivity index (χ1) is 28.3. The molecule has 0 saturated carbocycles. The van der Waals surface area contributed by atoms with Crippen molar-refractivity contribution in [2.45, 2.75) is 113 Å². The number of benzene rings is 2. The Hall–Kier alpha value is -4.40. The van der Waals surface area contributed by atoms with Crippen LogP contribution < -0.4 is 4.90 Å².